The summed E-state index contributed by atoms with van der Waals surface area (Å²) in [7, 11) is 0. The third kappa shape index (κ3) is 2.88. The molecule has 4 aliphatic rings. The zero-order valence-electron chi connectivity index (χ0n) is 12.3. The second-order valence-corrected chi connectivity index (χ2v) is 7.30. The molecule has 0 aromatic heterocycles. The Morgan fingerprint density at radius 1 is 1.47 bits per heavy atom. The van der Waals surface area contributed by atoms with E-state index in [0.29, 0.717) is 12.0 Å². The predicted molar refractivity (Wildman–Crippen MR) is 74.7 cm³/mol. The van der Waals surface area contributed by atoms with Crippen molar-refractivity contribution in [3.05, 3.63) is 11.6 Å². The van der Waals surface area contributed by atoms with Crippen molar-refractivity contribution in [1.29, 1.82) is 0 Å². The van der Waals surface area contributed by atoms with Gasteiger partial charge in [-0.1, -0.05) is 19.9 Å². The van der Waals surface area contributed by atoms with E-state index in [-0.39, 0.29) is 6.10 Å². The maximum Gasteiger partial charge on any atom is 0.126 e. The Kier molecular flexibility index (Phi) is 3.71. The Balaban J connectivity index is 1.36. The van der Waals surface area contributed by atoms with Crippen LogP contribution in [0.15, 0.2) is 11.6 Å². The number of hydrogen-bond donors (Lipinski definition) is 2. The zero-order valence-corrected chi connectivity index (χ0v) is 12.3. The summed E-state index contributed by atoms with van der Waals surface area (Å²) >= 11 is 0. The Hall–Kier alpha value is -0.380. The monoisotopic (exact) mass is 266 g/mol. The van der Waals surface area contributed by atoms with Crippen LogP contribution in [0.1, 0.15) is 39.5 Å². The van der Waals surface area contributed by atoms with Gasteiger partial charge < -0.3 is 15.2 Å². The van der Waals surface area contributed by atoms with Crippen LogP contribution in [0.25, 0.3) is 0 Å². The first-order valence-electron chi connectivity index (χ1n) is 7.85. The number of allylic oxidation sites excluding steroid dienone is 1. The highest BCUT2D eigenvalue weighted by Gasteiger charge is 2.50. The highest BCUT2D eigenvalue weighted by atomic mass is 16.5. The van der Waals surface area contributed by atoms with Crippen molar-refractivity contribution >= 4 is 0 Å². The molecular weight excluding hydrogens is 238 g/mol. The summed E-state index contributed by atoms with van der Waals surface area (Å²) in [6.07, 6.45) is 7.27. The van der Waals surface area contributed by atoms with Crippen LogP contribution in [0.3, 0.4) is 0 Å². The van der Waals surface area contributed by atoms with Crippen LogP contribution in [-0.2, 0) is 4.74 Å². The Morgan fingerprint density at radius 3 is 2.89 bits per heavy atom. The maximum absolute atomic E-state index is 9.86. The maximum atomic E-state index is 9.86. The van der Waals surface area contributed by atoms with Crippen molar-refractivity contribution in [3.8, 4) is 0 Å². The van der Waals surface area contributed by atoms with Gasteiger partial charge in [0.25, 0.3) is 0 Å². The van der Waals surface area contributed by atoms with Gasteiger partial charge >= 0.3 is 0 Å². The molecule has 3 atom stereocenters. The van der Waals surface area contributed by atoms with Gasteiger partial charge in [-0.15, -0.1) is 0 Å². The molecule has 0 unspecified atom stereocenters. The number of quaternary nitrogens is 1. The van der Waals surface area contributed by atoms with Gasteiger partial charge in [-0.2, -0.15) is 0 Å². The molecule has 4 rings (SSSR count). The molecular formula is C16H28NO2+. The van der Waals surface area contributed by atoms with Crippen molar-refractivity contribution < 1.29 is 15.2 Å². The minimum absolute atomic E-state index is 0.313. The zero-order chi connectivity index (χ0) is 13.5. The van der Waals surface area contributed by atoms with Gasteiger partial charge in [0.1, 0.15) is 12.6 Å². The van der Waals surface area contributed by atoms with Crippen LogP contribution in [-0.4, -0.2) is 37.0 Å². The number of nitrogens with two attached hydrogens (primary N) is 1. The molecule has 2 fully saturated rings. The first-order chi connectivity index (χ1) is 9.07. The molecule has 108 valence electrons. The van der Waals surface area contributed by atoms with E-state index in [1.54, 1.807) is 0 Å². The van der Waals surface area contributed by atoms with Gasteiger partial charge in [-0.3, -0.25) is 0 Å². The van der Waals surface area contributed by atoms with Gasteiger partial charge in [-0.05, 0) is 35.7 Å². The number of rotatable bonds is 7. The lowest BCUT2D eigenvalue weighted by Gasteiger charge is -2.56. The second kappa shape index (κ2) is 5.19. The predicted octanol–water partition coefficient (Wildman–Crippen LogP) is 1.08. The molecule has 2 saturated carbocycles. The standard InChI is InChI=1S/C16H27NO2/c1-16(2)12-4-3-11(15(16)7-12)9-19-10-14(18)8-17-13-5-6-13/h3,12-15,17-18H,4-10H2,1-2H3/p+1/t12-,14-,15-/m1/s1. The number of fused-ring (bicyclic) bond motifs is 1. The Morgan fingerprint density at radius 2 is 2.26 bits per heavy atom. The fourth-order valence-electron chi connectivity index (χ4n) is 3.70. The van der Waals surface area contributed by atoms with Crippen molar-refractivity contribution in [1.82, 2.24) is 0 Å². The average Bonchev–Trinajstić information content (AvgIpc) is 3.20. The molecule has 0 amide bonds. The lowest BCUT2D eigenvalue weighted by molar-refractivity contribution is -0.674. The summed E-state index contributed by atoms with van der Waals surface area (Å²) in [5.74, 6) is 1.61. The molecule has 3 heteroatoms. The largest absolute Gasteiger partial charge is 0.385 e. The van der Waals surface area contributed by atoms with Gasteiger partial charge in [0.15, 0.2) is 0 Å². The first kappa shape index (κ1) is 13.6. The van der Waals surface area contributed by atoms with Gasteiger partial charge in [0.2, 0.25) is 0 Å². The van der Waals surface area contributed by atoms with Crippen molar-refractivity contribution in [2.24, 2.45) is 17.3 Å². The third-order valence-electron chi connectivity index (χ3n) is 5.53. The Bertz CT molecular complexity index is 360. The van der Waals surface area contributed by atoms with Crippen molar-refractivity contribution in [2.75, 3.05) is 19.8 Å². The smallest absolute Gasteiger partial charge is 0.126 e. The molecule has 3 nitrogen and oxygen atoms in total. The topological polar surface area (TPSA) is 46.1 Å². The highest BCUT2D eigenvalue weighted by molar-refractivity contribution is 5.23. The number of ether oxygens (including phenoxy) is 1. The van der Waals surface area contributed by atoms with Crippen LogP contribution in [0.2, 0.25) is 0 Å². The molecule has 0 saturated heterocycles. The summed E-state index contributed by atoms with van der Waals surface area (Å²) in [4.78, 5) is 0. The molecule has 0 heterocycles. The Labute approximate surface area is 116 Å². The highest BCUT2D eigenvalue weighted by Crippen LogP contribution is 2.59. The van der Waals surface area contributed by atoms with Crippen molar-refractivity contribution in [3.63, 3.8) is 0 Å². The van der Waals surface area contributed by atoms with Crippen LogP contribution in [0, 0.1) is 17.3 Å². The molecule has 3 N–H and O–H groups in total. The number of hydrogen-bond acceptors (Lipinski definition) is 2. The molecule has 2 bridgehead atoms. The average molecular weight is 266 g/mol. The molecule has 0 spiro atoms. The minimum Gasteiger partial charge on any atom is -0.385 e. The van der Waals surface area contributed by atoms with Crippen LogP contribution in [0.4, 0.5) is 0 Å². The molecule has 0 aromatic carbocycles. The first-order valence-corrected chi connectivity index (χ1v) is 7.85. The van der Waals surface area contributed by atoms with E-state index in [0.717, 1.165) is 31.0 Å². The van der Waals surface area contributed by atoms with Crippen molar-refractivity contribution in [2.45, 2.75) is 51.7 Å². The van der Waals surface area contributed by atoms with E-state index in [2.05, 4.69) is 25.2 Å². The third-order valence-corrected chi connectivity index (χ3v) is 5.53. The fraction of sp³-hybridized carbons (Fsp3) is 0.875. The molecule has 19 heavy (non-hydrogen) atoms. The SMILES string of the molecule is CC1(C)[C@@H]2CC=C(COC[C@H](O)C[NH2+]C3CC3)[C@H]1C2. The van der Waals surface area contributed by atoms with Crippen LogP contribution < -0.4 is 5.32 Å². The quantitative estimate of drug-likeness (QED) is 0.677. The molecule has 4 aliphatic carbocycles. The molecule has 0 aromatic rings. The molecule has 0 radical (unpaired) electrons. The summed E-state index contributed by atoms with van der Waals surface area (Å²) in [5.41, 5.74) is 1.96. The van der Waals surface area contributed by atoms with E-state index in [9.17, 15) is 5.11 Å². The van der Waals surface area contributed by atoms with E-state index in [1.165, 1.54) is 31.3 Å². The number of aliphatic hydroxyl groups is 1. The van der Waals surface area contributed by atoms with E-state index < -0.39 is 0 Å². The second-order valence-electron chi connectivity index (χ2n) is 7.30. The summed E-state index contributed by atoms with van der Waals surface area (Å²) in [6, 6.07) is 0.781. The minimum atomic E-state index is -0.313. The summed E-state index contributed by atoms with van der Waals surface area (Å²) < 4.78 is 5.74. The lowest BCUT2D eigenvalue weighted by atomic mass is 9.49. The van der Waals surface area contributed by atoms with Gasteiger partial charge in [-0.25, -0.2) is 0 Å². The summed E-state index contributed by atoms with van der Waals surface area (Å²) in [5, 5.41) is 12.1. The van der Waals surface area contributed by atoms with E-state index in [1.807, 2.05) is 0 Å². The van der Waals surface area contributed by atoms with Crippen LogP contribution in [0.5, 0.6) is 0 Å². The fourth-order valence-corrected chi connectivity index (χ4v) is 3.70. The van der Waals surface area contributed by atoms with Crippen LogP contribution >= 0.6 is 0 Å². The van der Waals surface area contributed by atoms with E-state index in [4.69, 9.17) is 4.74 Å². The number of aliphatic hydroxyl groups excluding tert-OH is 1. The van der Waals surface area contributed by atoms with E-state index >= 15 is 0 Å². The van der Waals surface area contributed by atoms with Gasteiger partial charge in [0.05, 0.1) is 19.3 Å². The normalized spacial score (nSPS) is 33.5. The summed E-state index contributed by atoms with van der Waals surface area (Å²) in [6.45, 7) is 6.77. The lowest BCUT2D eigenvalue weighted by Crippen LogP contribution is -2.88. The van der Waals surface area contributed by atoms with Gasteiger partial charge in [0, 0.05) is 12.8 Å². The molecule has 0 aliphatic heterocycles.